The first kappa shape index (κ1) is 24.3. The summed E-state index contributed by atoms with van der Waals surface area (Å²) in [5, 5.41) is 12.7. The van der Waals surface area contributed by atoms with Gasteiger partial charge in [0.25, 0.3) is 0 Å². The van der Waals surface area contributed by atoms with Crippen LogP contribution in [0.3, 0.4) is 0 Å². The van der Waals surface area contributed by atoms with Gasteiger partial charge < -0.3 is 0 Å². The summed E-state index contributed by atoms with van der Waals surface area (Å²) in [5.74, 6) is -0.234. The fourth-order valence-corrected chi connectivity index (χ4v) is 11.8. The van der Waals surface area contributed by atoms with Gasteiger partial charge in [-0.05, 0) is 0 Å². The normalized spacial score (nSPS) is 12.8. The molecule has 172 valence electrons. The van der Waals surface area contributed by atoms with Gasteiger partial charge in [0, 0.05) is 0 Å². The molecular formula is C22H25AsFNO6S. The van der Waals surface area contributed by atoms with E-state index in [4.69, 9.17) is 9.15 Å². The SMILES string of the molecule is CNC(=O)c1c(-c2ccc(F)cc2)oc2cc([As](CCO)S(C)(=O)=O)c(OC(C)C)cc12. The van der Waals surface area contributed by atoms with Gasteiger partial charge in [0.2, 0.25) is 0 Å². The Hall–Kier alpha value is -2.35. The molecule has 1 amide bonds. The summed E-state index contributed by atoms with van der Waals surface area (Å²) < 4.78 is 51.0. The van der Waals surface area contributed by atoms with Crippen LogP contribution in [0.25, 0.3) is 22.3 Å². The van der Waals surface area contributed by atoms with Crippen molar-refractivity contribution in [2.75, 3.05) is 19.9 Å². The first-order chi connectivity index (χ1) is 15.1. The van der Waals surface area contributed by atoms with Crippen LogP contribution < -0.4 is 14.4 Å². The van der Waals surface area contributed by atoms with Gasteiger partial charge in [-0.2, -0.15) is 0 Å². The summed E-state index contributed by atoms with van der Waals surface area (Å²) in [4.78, 5) is 12.8. The number of ether oxygens (including phenoxy) is 1. The maximum atomic E-state index is 13.4. The number of furan rings is 1. The van der Waals surface area contributed by atoms with Crippen molar-refractivity contribution in [3.63, 3.8) is 0 Å². The Bertz CT molecular complexity index is 1240. The number of carbonyl (C=O) groups excluding carboxylic acids is 1. The first-order valence-electron chi connectivity index (χ1n) is 9.90. The number of carbonyl (C=O) groups is 1. The van der Waals surface area contributed by atoms with Crippen LogP contribution in [0.2, 0.25) is 5.21 Å². The fraction of sp³-hybridized carbons (Fsp3) is 0.318. The molecule has 0 fully saturated rings. The second-order valence-electron chi connectivity index (χ2n) is 7.43. The summed E-state index contributed by atoms with van der Waals surface area (Å²) >= 11 is -2.80. The van der Waals surface area contributed by atoms with Crippen molar-refractivity contribution in [2.45, 2.75) is 25.2 Å². The molecule has 3 rings (SSSR count). The molecule has 0 aliphatic rings. The number of hydrogen-bond donors (Lipinski definition) is 2. The van der Waals surface area contributed by atoms with Gasteiger partial charge in [0.05, 0.1) is 0 Å². The van der Waals surface area contributed by atoms with Gasteiger partial charge in [-0.1, -0.05) is 0 Å². The number of aliphatic hydroxyl groups excluding tert-OH is 1. The molecule has 0 saturated carbocycles. The molecule has 0 aliphatic heterocycles. The van der Waals surface area contributed by atoms with Crippen molar-refractivity contribution in [3.05, 3.63) is 47.8 Å². The number of hydrogen-bond acceptors (Lipinski definition) is 6. The van der Waals surface area contributed by atoms with E-state index in [1.807, 2.05) is 13.8 Å². The van der Waals surface area contributed by atoms with E-state index in [1.165, 1.54) is 31.3 Å². The van der Waals surface area contributed by atoms with Crippen LogP contribution in [0, 0.1) is 5.82 Å². The zero-order valence-electron chi connectivity index (χ0n) is 18.2. The van der Waals surface area contributed by atoms with Gasteiger partial charge in [-0.3, -0.25) is 0 Å². The van der Waals surface area contributed by atoms with E-state index in [1.54, 1.807) is 12.1 Å². The molecule has 0 aliphatic carbocycles. The van der Waals surface area contributed by atoms with Crippen molar-refractivity contribution >= 4 is 42.8 Å². The van der Waals surface area contributed by atoms with Crippen molar-refractivity contribution in [1.29, 1.82) is 0 Å². The molecule has 1 aromatic heterocycles. The van der Waals surface area contributed by atoms with Gasteiger partial charge in [0.15, 0.2) is 0 Å². The second kappa shape index (κ2) is 9.65. The van der Waals surface area contributed by atoms with Crippen LogP contribution in [0.5, 0.6) is 5.75 Å². The van der Waals surface area contributed by atoms with E-state index in [0.29, 0.717) is 26.6 Å². The van der Waals surface area contributed by atoms with E-state index >= 15 is 0 Å². The predicted octanol–water partition coefficient (Wildman–Crippen LogP) is 2.62. The molecule has 2 aromatic carbocycles. The van der Waals surface area contributed by atoms with Crippen LogP contribution in [-0.2, 0) is 8.10 Å². The van der Waals surface area contributed by atoms with E-state index in [0.717, 1.165) is 6.26 Å². The summed E-state index contributed by atoms with van der Waals surface area (Å²) in [6.07, 6.45) is 0.913. The van der Waals surface area contributed by atoms with E-state index in [-0.39, 0.29) is 29.2 Å². The quantitative estimate of drug-likeness (QED) is 0.438. The number of amides is 1. The molecule has 2 N–H and O–H groups in total. The molecule has 0 bridgehead atoms. The Morgan fingerprint density at radius 1 is 1.25 bits per heavy atom. The number of aliphatic hydroxyl groups is 1. The molecule has 0 saturated heterocycles. The Labute approximate surface area is 189 Å². The predicted molar refractivity (Wildman–Crippen MR) is 123 cm³/mol. The van der Waals surface area contributed by atoms with E-state index < -0.39 is 33.3 Å². The van der Waals surface area contributed by atoms with Crippen molar-refractivity contribution in [2.24, 2.45) is 0 Å². The molecule has 7 nitrogen and oxygen atoms in total. The van der Waals surface area contributed by atoms with Crippen LogP contribution in [0.4, 0.5) is 4.39 Å². The third-order valence-electron chi connectivity index (χ3n) is 4.66. The van der Waals surface area contributed by atoms with Gasteiger partial charge in [-0.25, -0.2) is 0 Å². The molecule has 1 unspecified atom stereocenters. The Balaban J connectivity index is 2.35. The molecule has 0 radical (unpaired) electrons. The van der Waals surface area contributed by atoms with Crippen molar-refractivity contribution in [1.82, 2.24) is 5.32 Å². The number of nitrogens with one attached hydrogen (secondary N) is 1. The number of fused-ring (bicyclic) bond motifs is 1. The average molecular weight is 525 g/mol. The maximum absolute atomic E-state index is 13.4. The van der Waals surface area contributed by atoms with E-state index in [2.05, 4.69) is 5.32 Å². The molecule has 0 spiro atoms. The van der Waals surface area contributed by atoms with Crippen LogP contribution in [-0.4, -0.2) is 58.9 Å². The van der Waals surface area contributed by atoms with Gasteiger partial charge in [0.1, 0.15) is 0 Å². The zero-order chi connectivity index (χ0) is 23.6. The molecular weight excluding hydrogens is 500 g/mol. The second-order valence-corrected chi connectivity index (χ2v) is 18.9. The number of rotatable bonds is 8. The standard InChI is InChI=1S/C22H25AsFNO6S/c1-13(2)30-19-11-16-18(12-17(19)23(9-10-26)32(4,28)29)31-21(20(16)22(27)25-3)14-5-7-15(24)8-6-14/h5-8,11-13,26H,9-10H2,1-4H3,(H,25,27). The van der Waals surface area contributed by atoms with Crippen LogP contribution in [0.1, 0.15) is 24.2 Å². The molecule has 3 aromatic rings. The summed E-state index contributed by atoms with van der Waals surface area (Å²) in [6.45, 7) is 3.36. The Kier molecular flexibility index (Phi) is 7.32. The van der Waals surface area contributed by atoms with Crippen LogP contribution >= 0.6 is 0 Å². The Morgan fingerprint density at radius 2 is 1.91 bits per heavy atom. The van der Waals surface area contributed by atoms with Gasteiger partial charge >= 0.3 is 190 Å². The zero-order valence-corrected chi connectivity index (χ0v) is 20.9. The minimum atomic E-state index is -3.45. The summed E-state index contributed by atoms with van der Waals surface area (Å²) in [7, 11) is -1.96. The average Bonchev–Trinajstić information content (AvgIpc) is 3.08. The van der Waals surface area contributed by atoms with Crippen molar-refractivity contribution in [3.8, 4) is 17.1 Å². The van der Waals surface area contributed by atoms with E-state index in [9.17, 15) is 22.7 Å². The third kappa shape index (κ3) is 5.00. The summed E-state index contributed by atoms with van der Waals surface area (Å²) in [6, 6.07) is 8.77. The minimum absolute atomic E-state index is 0.125. The first-order valence-corrected chi connectivity index (χ1v) is 16.3. The molecule has 32 heavy (non-hydrogen) atoms. The van der Waals surface area contributed by atoms with Crippen molar-refractivity contribution < 1.29 is 31.9 Å². The molecule has 1 atom stereocenters. The Morgan fingerprint density at radius 3 is 2.44 bits per heavy atom. The monoisotopic (exact) mass is 525 g/mol. The number of benzene rings is 2. The fourth-order valence-electron chi connectivity index (χ4n) is 3.37. The number of halogens is 1. The molecule has 1 heterocycles. The van der Waals surface area contributed by atoms with Crippen LogP contribution in [0.15, 0.2) is 40.8 Å². The summed E-state index contributed by atoms with van der Waals surface area (Å²) in [5.41, 5.74) is 1.06. The molecule has 10 heteroatoms. The topological polar surface area (TPSA) is 106 Å². The van der Waals surface area contributed by atoms with Gasteiger partial charge in [-0.15, -0.1) is 0 Å². The third-order valence-corrected chi connectivity index (χ3v) is 15.6.